The third kappa shape index (κ3) is 5.96. The molecule has 154 valence electrons. The van der Waals surface area contributed by atoms with Crippen molar-refractivity contribution < 1.29 is 14.3 Å². The number of amides is 2. The Morgan fingerprint density at radius 1 is 1.18 bits per heavy atom. The maximum atomic E-state index is 12.6. The summed E-state index contributed by atoms with van der Waals surface area (Å²) in [4.78, 5) is 27.2. The van der Waals surface area contributed by atoms with E-state index in [1.54, 1.807) is 0 Å². The molecule has 2 fully saturated rings. The molecule has 2 N–H and O–H groups in total. The van der Waals surface area contributed by atoms with Gasteiger partial charge in [-0.25, -0.2) is 0 Å². The summed E-state index contributed by atoms with van der Waals surface area (Å²) in [6, 6.07) is 7.82. The van der Waals surface area contributed by atoms with Gasteiger partial charge in [0.25, 0.3) is 0 Å². The molecule has 1 aromatic carbocycles. The number of ether oxygens (including phenoxy) is 1. The number of nitrogens with one attached hydrogen (secondary N) is 2. The van der Waals surface area contributed by atoms with Crippen LogP contribution < -0.4 is 15.4 Å². The Morgan fingerprint density at radius 2 is 1.89 bits per heavy atom. The zero-order valence-corrected chi connectivity index (χ0v) is 16.9. The van der Waals surface area contributed by atoms with Crippen LogP contribution in [0.1, 0.15) is 57.4 Å². The van der Waals surface area contributed by atoms with E-state index in [2.05, 4.69) is 15.5 Å². The molecule has 0 radical (unpaired) electrons. The Bertz CT molecular complexity index is 639. The molecule has 0 bridgehead atoms. The predicted molar refractivity (Wildman–Crippen MR) is 109 cm³/mol. The lowest BCUT2D eigenvalue weighted by Crippen LogP contribution is -2.56. The average Bonchev–Trinajstić information content (AvgIpc) is 2.95. The molecule has 1 atom stereocenters. The molecule has 0 unspecified atom stereocenters. The monoisotopic (exact) mass is 387 g/mol. The minimum absolute atomic E-state index is 0.00866. The highest BCUT2D eigenvalue weighted by atomic mass is 16.5. The Hall–Kier alpha value is -2.08. The van der Waals surface area contributed by atoms with Gasteiger partial charge in [0.15, 0.2) is 0 Å². The first kappa shape index (κ1) is 20.6. The summed E-state index contributed by atoms with van der Waals surface area (Å²) in [5, 5.41) is 6.08. The summed E-state index contributed by atoms with van der Waals surface area (Å²) >= 11 is 0. The Labute approximate surface area is 168 Å². The second kappa shape index (κ2) is 10.5. The third-order valence-electron chi connectivity index (χ3n) is 5.66. The van der Waals surface area contributed by atoms with Crippen LogP contribution in [0.2, 0.25) is 0 Å². The number of carbonyl (C=O) groups excluding carboxylic acids is 2. The van der Waals surface area contributed by atoms with Gasteiger partial charge < -0.3 is 15.4 Å². The molecule has 2 aliphatic rings. The first-order chi connectivity index (χ1) is 13.7. The maximum absolute atomic E-state index is 12.6. The number of nitrogens with zero attached hydrogens (tertiary/aromatic N) is 1. The van der Waals surface area contributed by atoms with E-state index in [1.165, 1.54) is 25.7 Å². The zero-order valence-electron chi connectivity index (χ0n) is 16.9. The van der Waals surface area contributed by atoms with Crippen molar-refractivity contribution in [1.82, 2.24) is 15.5 Å². The minimum atomic E-state index is -0.411. The summed E-state index contributed by atoms with van der Waals surface area (Å²) in [6.45, 7) is 4.63. The summed E-state index contributed by atoms with van der Waals surface area (Å²) in [7, 11) is 0. The number of benzene rings is 1. The van der Waals surface area contributed by atoms with Crippen LogP contribution in [0, 0.1) is 0 Å². The van der Waals surface area contributed by atoms with Gasteiger partial charge >= 0.3 is 0 Å². The number of piperazine rings is 1. The topological polar surface area (TPSA) is 70.7 Å². The van der Waals surface area contributed by atoms with Crippen LogP contribution in [-0.4, -0.2) is 48.5 Å². The van der Waals surface area contributed by atoms with Crippen molar-refractivity contribution in [2.24, 2.45) is 0 Å². The summed E-state index contributed by atoms with van der Waals surface area (Å²) in [5.74, 6) is 0.792. The molecule has 0 aromatic heterocycles. The quantitative estimate of drug-likeness (QED) is 0.706. The van der Waals surface area contributed by atoms with Gasteiger partial charge in [-0.15, -0.1) is 0 Å². The summed E-state index contributed by atoms with van der Waals surface area (Å²) in [6.07, 6.45) is 7.20. The molecule has 3 rings (SSSR count). The molecular formula is C22H33N3O3. The highest BCUT2D eigenvalue weighted by Crippen LogP contribution is 2.19. The Kier molecular flexibility index (Phi) is 7.71. The van der Waals surface area contributed by atoms with E-state index >= 15 is 0 Å². The lowest BCUT2D eigenvalue weighted by molar-refractivity contribution is -0.134. The van der Waals surface area contributed by atoms with Crippen molar-refractivity contribution in [3.63, 3.8) is 0 Å². The fourth-order valence-electron chi connectivity index (χ4n) is 4.15. The van der Waals surface area contributed by atoms with Gasteiger partial charge in [0.2, 0.25) is 11.8 Å². The second-order valence-electron chi connectivity index (χ2n) is 7.81. The Balaban J connectivity index is 1.58. The molecule has 28 heavy (non-hydrogen) atoms. The lowest BCUT2D eigenvalue weighted by Gasteiger charge is -2.35. The van der Waals surface area contributed by atoms with Gasteiger partial charge in [-0.05, 0) is 37.5 Å². The zero-order chi connectivity index (χ0) is 19.8. The van der Waals surface area contributed by atoms with Gasteiger partial charge in [-0.2, -0.15) is 0 Å². The van der Waals surface area contributed by atoms with Gasteiger partial charge in [-0.3, -0.25) is 14.5 Å². The van der Waals surface area contributed by atoms with E-state index < -0.39 is 6.04 Å². The smallest absolute Gasteiger partial charge is 0.237 e. The third-order valence-corrected chi connectivity index (χ3v) is 5.66. The standard InChI is InChI=1S/C22H33N3O3/c1-2-28-19-11-9-17(10-12-19)16-25-14-13-23-22(27)20(25)15-21(26)24-18-7-5-3-4-6-8-18/h9-12,18,20H,2-8,13-16H2,1H3,(H,23,27)(H,24,26)/t20-/m0/s1. The highest BCUT2D eigenvalue weighted by Gasteiger charge is 2.32. The fourth-order valence-corrected chi connectivity index (χ4v) is 4.15. The van der Waals surface area contributed by atoms with E-state index in [0.29, 0.717) is 19.7 Å². The highest BCUT2D eigenvalue weighted by molar-refractivity contribution is 5.88. The van der Waals surface area contributed by atoms with Crippen LogP contribution in [-0.2, 0) is 16.1 Å². The molecule has 1 aliphatic carbocycles. The summed E-state index contributed by atoms with van der Waals surface area (Å²) < 4.78 is 5.49. The van der Waals surface area contributed by atoms with Crippen LogP contribution in [0.4, 0.5) is 0 Å². The van der Waals surface area contributed by atoms with E-state index in [1.807, 2.05) is 31.2 Å². The van der Waals surface area contributed by atoms with Gasteiger partial charge in [0.05, 0.1) is 19.1 Å². The van der Waals surface area contributed by atoms with E-state index in [-0.39, 0.29) is 24.3 Å². The number of rotatable bonds is 7. The van der Waals surface area contributed by atoms with Gasteiger partial charge in [-0.1, -0.05) is 37.8 Å². The minimum Gasteiger partial charge on any atom is -0.494 e. The van der Waals surface area contributed by atoms with E-state index in [0.717, 1.165) is 30.7 Å². The summed E-state index contributed by atoms with van der Waals surface area (Å²) in [5.41, 5.74) is 1.12. The van der Waals surface area contributed by atoms with Crippen LogP contribution in [0.25, 0.3) is 0 Å². The predicted octanol–water partition coefficient (Wildman–Crippen LogP) is 2.61. The number of carbonyl (C=O) groups is 2. The van der Waals surface area contributed by atoms with E-state index in [4.69, 9.17) is 4.74 Å². The number of hydrogen-bond donors (Lipinski definition) is 2. The normalized spacial score (nSPS) is 21.6. The second-order valence-corrected chi connectivity index (χ2v) is 7.81. The van der Waals surface area contributed by atoms with Crippen LogP contribution in [0.15, 0.2) is 24.3 Å². The molecular weight excluding hydrogens is 354 g/mol. The van der Waals surface area contributed by atoms with Crippen molar-refractivity contribution in [1.29, 1.82) is 0 Å². The van der Waals surface area contributed by atoms with Gasteiger partial charge in [0.1, 0.15) is 5.75 Å². The number of hydrogen-bond acceptors (Lipinski definition) is 4. The van der Waals surface area contributed by atoms with Crippen molar-refractivity contribution in [3.05, 3.63) is 29.8 Å². The van der Waals surface area contributed by atoms with Crippen LogP contribution >= 0.6 is 0 Å². The van der Waals surface area contributed by atoms with Crippen molar-refractivity contribution in [2.45, 2.75) is 70.5 Å². The lowest BCUT2D eigenvalue weighted by atomic mass is 10.0. The maximum Gasteiger partial charge on any atom is 0.237 e. The molecule has 6 heteroatoms. The van der Waals surface area contributed by atoms with E-state index in [9.17, 15) is 9.59 Å². The van der Waals surface area contributed by atoms with Crippen molar-refractivity contribution in [2.75, 3.05) is 19.7 Å². The molecule has 6 nitrogen and oxygen atoms in total. The van der Waals surface area contributed by atoms with Crippen molar-refractivity contribution >= 4 is 11.8 Å². The van der Waals surface area contributed by atoms with Gasteiger partial charge in [0, 0.05) is 25.7 Å². The first-order valence-corrected chi connectivity index (χ1v) is 10.7. The molecule has 1 heterocycles. The molecule has 1 aliphatic heterocycles. The molecule has 1 saturated heterocycles. The molecule has 1 saturated carbocycles. The largest absolute Gasteiger partial charge is 0.494 e. The van der Waals surface area contributed by atoms with Crippen molar-refractivity contribution in [3.8, 4) is 5.75 Å². The first-order valence-electron chi connectivity index (χ1n) is 10.7. The molecule has 2 amide bonds. The Morgan fingerprint density at radius 3 is 2.57 bits per heavy atom. The van der Waals surface area contributed by atoms with Crippen LogP contribution in [0.3, 0.4) is 0 Å². The SMILES string of the molecule is CCOc1ccc(CN2CCNC(=O)[C@@H]2CC(=O)NC2CCCCCC2)cc1. The fraction of sp³-hybridized carbons (Fsp3) is 0.636. The molecule has 0 spiro atoms. The van der Waals surface area contributed by atoms with Crippen LogP contribution in [0.5, 0.6) is 5.75 Å². The molecule has 1 aromatic rings. The average molecular weight is 388 g/mol.